The summed E-state index contributed by atoms with van der Waals surface area (Å²) in [5.74, 6) is 0.655. The number of nitrogens with one attached hydrogen (secondary N) is 2. The number of imidazole rings is 1. The lowest BCUT2D eigenvalue weighted by molar-refractivity contribution is -0.137. The van der Waals surface area contributed by atoms with Gasteiger partial charge in [0.05, 0.1) is 17.6 Å². The summed E-state index contributed by atoms with van der Waals surface area (Å²) in [4.78, 5) is 25.6. The van der Waals surface area contributed by atoms with Crippen LogP contribution in [0.5, 0.6) is 0 Å². The van der Waals surface area contributed by atoms with Gasteiger partial charge in [-0.25, -0.2) is 9.67 Å². The molecule has 0 atom stereocenters. The second-order valence-corrected chi connectivity index (χ2v) is 8.79. The highest BCUT2D eigenvalue weighted by Crippen LogP contribution is 2.31. The van der Waals surface area contributed by atoms with Crippen molar-refractivity contribution >= 4 is 40.3 Å². The number of aromatic nitrogens is 6. The van der Waals surface area contributed by atoms with Crippen molar-refractivity contribution in [3.8, 4) is 11.1 Å². The van der Waals surface area contributed by atoms with Crippen LogP contribution in [0.25, 0.3) is 22.3 Å². The van der Waals surface area contributed by atoms with E-state index in [2.05, 4.69) is 30.7 Å². The Morgan fingerprint density at radius 2 is 1.69 bits per heavy atom. The van der Waals surface area contributed by atoms with E-state index in [4.69, 9.17) is 5.73 Å². The maximum absolute atomic E-state index is 12.8. The zero-order chi connectivity index (χ0) is 27.7. The topological polar surface area (TPSA) is 129 Å². The molecule has 0 saturated carbocycles. The molecule has 200 valence electrons. The molecule has 39 heavy (non-hydrogen) atoms. The Bertz CT molecular complexity index is 1640. The van der Waals surface area contributed by atoms with Gasteiger partial charge in [-0.05, 0) is 49.2 Å². The Balaban J connectivity index is 1.33. The van der Waals surface area contributed by atoms with Crippen molar-refractivity contribution in [1.82, 2.24) is 29.3 Å². The molecule has 0 aliphatic carbocycles. The van der Waals surface area contributed by atoms with E-state index < -0.39 is 11.7 Å². The summed E-state index contributed by atoms with van der Waals surface area (Å²) in [5, 5.41) is 10.3. The Kier molecular flexibility index (Phi) is 6.64. The van der Waals surface area contributed by atoms with E-state index >= 15 is 0 Å². The van der Waals surface area contributed by atoms with Crippen LogP contribution in [0.1, 0.15) is 18.2 Å². The van der Waals surface area contributed by atoms with Crippen molar-refractivity contribution in [2.45, 2.75) is 33.1 Å². The largest absolute Gasteiger partial charge is 0.416 e. The number of amides is 1. The Morgan fingerprint density at radius 1 is 1.03 bits per heavy atom. The molecule has 2 aromatic carbocycles. The lowest BCUT2D eigenvalue weighted by Gasteiger charge is -2.10. The summed E-state index contributed by atoms with van der Waals surface area (Å²) < 4.78 is 41.8. The number of alkyl halides is 3. The molecule has 0 unspecified atom stereocenters. The van der Waals surface area contributed by atoms with E-state index in [1.165, 1.54) is 18.5 Å². The van der Waals surface area contributed by atoms with E-state index in [1.807, 2.05) is 13.8 Å². The molecule has 0 bridgehead atoms. The predicted octanol–water partition coefficient (Wildman–Crippen LogP) is 5.00. The van der Waals surface area contributed by atoms with Gasteiger partial charge >= 0.3 is 6.18 Å². The lowest BCUT2D eigenvalue weighted by atomic mass is 10.0. The van der Waals surface area contributed by atoms with E-state index in [9.17, 15) is 18.0 Å². The minimum absolute atomic E-state index is 0.00628. The van der Waals surface area contributed by atoms with Gasteiger partial charge in [-0.3, -0.25) is 4.79 Å². The van der Waals surface area contributed by atoms with Crippen LogP contribution in [-0.4, -0.2) is 35.2 Å². The molecule has 10 nitrogen and oxygen atoms in total. The van der Waals surface area contributed by atoms with Gasteiger partial charge in [0.25, 0.3) is 0 Å². The normalized spacial score (nSPS) is 11.6. The number of rotatable bonds is 7. The van der Waals surface area contributed by atoms with Gasteiger partial charge in [0.1, 0.15) is 12.4 Å². The zero-order valence-corrected chi connectivity index (χ0v) is 21.0. The molecule has 4 N–H and O–H groups in total. The molecular formula is C26H24F3N9O. The monoisotopic (exact) mass is 535 g/mol. The Labute approximate surface area is 220 Å². The quantitative estimate of drug-likeness (QED) is 0.267. The third-order valence-corrected chi connectivity index (χ3v) is 5.96. The van der Waals surface area contributed by atoms with Gasteiger partial charge in [0.15, 0.2) is 17.0 Å². The van der Waals surface area contributed by atoms with Gasteiger partial charge in [-0.1, -0.05) is 24.3 Å². The number of hydrogen-bond acceptors (Lipinski definition) is 7. The number of anilines is 4. The predicted molar refractivity (Wildman–Crippen MR) is 141 cm³/mol. The summed E-state index contributed by atoms with van der Waals surface area (Å²) in [6.45, 7) is 4.34. The first kappa shape index (κ1) is 25.7. The molecule has 13 heteroatoms. The molecular weight excluding hydrogens is 511 g/mol. The number of carbonyl (C=O) groups is 1. The highest BCUT2D eigenvalue weighted by molar-refractivity contribution is 5.92. The van der Waals surface area contributed by atoms with Crippen molar-refractivity contribution in [3.63, 3.8) is 0 Å². The number of nitrogens with two attached hydrogens (primary N) is 1. The van der Waals surface area contributed by atoms with Gasteiger partial charge < -0.3 is 20.9 Å². The van der Waals surface area contributed by atoms with Crippen molar-refractivity contribution in [2.75, 3.05) is 16.4 Å². The third kappa shape index (κ3) is 5.51. The number of hydrogen-bond donors (Lipinski definition) is 3. The molecule has 3 heterocycles. The van der Waals surface area contributed by atoms with Crippen LogP contribution in [0.15, 0.2) is 60.9 Å². The SMILES string of the molecule is CCn1nc(C)cc1NC(=O)Cn1cnc2c(Nc3ccc(-c4ccc(C(F)(F)F)cc4)cc3)nc(N)nc21. The molecule has 0 saturated heterocycles. The molecule has 5 rings (SSSR count). The highest BCUT2D eigenvalue weighted by atomic mass is 19.4. The fourth-order valence-corrected chi connectivity index (χ4v) is 4.12. The van der Waals surface area contributed by atoms with E-state index in [-0.39, 0.29) is 18.4 Å². The molecule has 3 aromatic heterocycles. The number of nitrogen functional groups attached to an aromatic ring is 1. The first-order chi connectivity index (χ1) is 18.6. The second-order valence-electron chi connectivity index (χ2n) is 8.79. The minimum atomic E-state index is -4.38. The standard InChI is InChI=1S/C26H24F3N9O/c1-3-38-20(12-15(2)36-38)33-21(39)13-37-14-31-22-23(34-25(30)35-24(22)37)32-19-10-6-17(7-11-19)16-4-8-18(9-5-16)26(27,28)29/h4-12,14H,3,13H2,1-2H3,(H,33,39)(H3,30,32,34,35). The molecule has 0 radical (unpaired) electrons. The van der Waals surface area contributed by atoms with Crippen molar-refractivity contribution < 1.29 is 18.0 Å². The summed E-state index contributed by atoms with van der Waals surface area (Å²) in [6.07, 6.45) is -2.90. The van der Waals surface area contributed by atoms with Crippen LogP contribution in [0.3, 0.4) is 0 Å². The first-order valence-corrected chi connectivity index (χ1v) is 12.0. The zero-order valence-electron chi connectivity index (χ0n) is 21.0. The van der Waals surface area contributed by atoms with E-state index in [0.29, 0.717) is 40.6 Å². The van der Waals surface area contributed by atoms with Crippen LogP contribution in [-0.2, 0) is 24.1 Å². The number of fused-ring (bicyclic) bond motifs is 1. The molecule has 1 amide bonds. The molecule has 0 spiro atoms. The van der Waals surface area contributed by atoms with Crippen LogP contribution >= 0.6 is 0 Å². The number of aryl methyl sites for hydroxylation is 2. The fraction of sp³-hybridized carbons (Fsp3) is 0.192. The molecule has 5 aromatic rings. The van der Waals surface area contributed by atoms with E-state index in [0.717, 1.165) is 23.4 Å². The first-order valence-electron chi connectivity index (χ1n) is 12.0. The number of carbonyl (C=O) groups excluding carboxylic acids is 1. The number of benzene rings is 2. The fourth-order valence-electron chi connectivity index (χ4n) is 4.12. The van der Waals surface area contributed by atoms with E-state index in [1.54, 1.807) is 39.6 Å². The van der Waals surface area contributed by atoms with Crippen molar-refractivity contribution in [3.05, 3.63) is 72.2 Å². The summed E-state index contributed by atoms with van der Waals surface area (Å²) in [5.41, 5.74) is 8.89. The van der Waals surface area contributed by atoms with Crippen LogP contribution in [0.2, 0.25) is 0 Å². The second kappa shape index (κ2) is 10.1. The minimum Gasteiger partial charge on any atom is -0.368 e. The Morgan fingerprint density at radius 3 is 2.33 bits per heavy atom. The van der Waals surface area contributed by atoms with Crippen LogP contribution < -0.4 is 16.4 Å². The molecule has 0 aliphatic rings. The van der Waals surface area contributed by atoms with Gasteiger partial charge in [-0.15, -0.1) is 0 Å². The van der Waals surface area contributed by atoms with Crippen molar-refractivity contribution in [2.24, 2.45) is 0 Å². The third-order valence-electron chi connectivity index (χ3n) is 5.96. The highest BCUT2D eigenvalue weighted by Gasteiger charge is 2.30. The number of nitrogens with zero attached hydrogens (tertiary/aromatic N) is 6. The smallest absolute Gasteiger partial charge is 0.368 e. The van der Waals surface area contributed by atoms with Gasteiger partial charge in [0, 0.05) is 18.3 Å². The molecule has 0 fully saturated rings. The van der Waals surface area contributed by atoms with Gasteiger partial charge in [0.2, 0.25) is 11.9 Å². The summed E-state index contributed by atoms with van der Waals surface area (Å²) in [7, 11) is 0. The van der Waals surface area contributed by atoms with Gasteiger partial charge in [-0.2, -0.15) is 28.2 Å². The van der Waals surface area contributed by atoms with Crippen LogP contribution in [0.4, 0.5) is 36.4 Å². The average Bonchev–Trinajstić information content (AvgIpc) is 3.46. The van der Waals surface area contributed by atoms with Crippen molar-refractivity contribution in [1.29, 1.82) is 0 Å². The Hall–Kier alpha value is -4.94. The average molecular weight is 536 g/mol. The maximum atomic E-state index is 12.8. The lowest BCUT2D eigenvalue weighted by Crippen LogP contribution is -2.20. The number of halogens is 3. The molecule has 0 aliphatic heterocycles. The summed E-state index contributed by atoms with van der Waals surface area (Å²) >= 11 is 0. The maximum Gasteiger partial charge on any atom is 0.416 e. The van der Waals surface area contributed by atoms with Crippen LogP contribution in [0, 0.1) is 6.92 Å². The summed E-state index contributed by atoms with van der Waals surface area (Å²) in [6, 6.07) is 13.8.